The van der Waals surface area contributed by atoms with E-state index in [-0.39, 0.29) is 5.91 Å². The molecule has 1 N–H and O–H groups in total. The molecule has 1 aromatic carbocycles. The Morgan fingerprint density at radius 2 is 2.17 bits per heavy atom. The topological polar surface area (TPSA) is 67.6 Å². The molecule has 0 radical (unpaired) electrons. The zero-order valence-corrected chi connectivity index (χ0v) is 14.2. The summed E-state index contributed by atoms with van der Waals surface area (Å²) in [5.74, 6) is 1.17. The van der Waals surface area contributed by atoms with E-state index >= 15 is 0 Å². The second kappa shape index (κ2) is 7.49. The number of unbranched alkanes of at least 4 members (excludes halogenated alkanes) is 1. The van der Waals surface area contributed by atoms with Crippen LogP contribution in [0.2, 0.25) is 0 Å². The molecule has 6 nitrogen and oxygen atoms in total. The van der Waals surface area contributed by atoms with Crippen LogP contribution in [0, 0.1) is 0 Å². The lowest BCUT2D eigenvalue weighted by Gasteiger charge is -2.17. The summed E-state index contributed by atoms with van der Waals surface area (Å²) < 4.78 is 11.1. The number of hydrogen-bond acceptors (Lipinski definition) is 5. The molecule has 6 heteroatoms. The number of amides is 1. The molecule has 1 aromatic heterocycles. The number of rotatable bonds is 7. The molecule has 0 saturated heterocycles. The molecule has 2 heterocycles. The van der Waals surface area contributed by atoms with Crippen LogP contribution in [-0.4, -0.2) is 42.6 Å². The normalized spacial score (nSPS) is 12.5. The van der Waals surface area contributed by atoms with Crippen molar-refractivity contribution in [2.75, 3.05) is 26.7 Å². The number of fused-ring (bicyclic) bond motifs is 3. The Morgan fingerprint density at radius 3 is 3.00 bits per heavy atom. The standard InChI is InChI=1S/C18H23N3O3/c1-3-4-10-21(2)11-9-19-18(22)16-14-12-23-15-8-6-5-7-13(15)17(14)24-20-16/h5-8H,3-4,9-12H2,1-2H3,(H,19,22). The summed E-state index contributed by atoms with van der Waals surface area (Å²) >= 11 is 0. The Bertz CT molecular complexity index is 711. The first-order valence-electron chi connectivity index (χ1n) is 8.38. The fourth-order valence-corrected chi connectivity index (χ4v) is 2.75. The predicted molar refractivity (Wildman–Crippen MR) is 91.0 cm³/mol. The summed E-state index contributed by atoms with van der Waals surface area (Å²) in [7, 11) is 2.06. The zero-order valence-electron chi connectivity index (χ0n) is 14.2. The zero-order chi connectivity index (χ0) is 16.9. The maximum atomic E-state index is 12.4. The van der Waals surface area contributed by atoms with Gasteiger partial charge in [0.25, 0.3) is 5.91 Å². The van der Waals surface area contributed by atoms with E-state index in [0.29, 0.717) is 30.2 Å². The van der Waals surface area contributed by atoms with E-state index in [1.807, 2.05) is 24.3 Å². The molecule has 2 aromatic rings. The first kappa shape index (κ1) is 16.5. The molecule has 24 heavy (non-hydrogen) atoms. The van der Waals surface area contributed by atoms with E-state index in [1.165, 1.54) is 6.42 Å². The number of nitrogens with one attached hydrogen (secondary N) is 1. The van der Waals surface area contributed by atoms with Crippen LogP contribution in [-0.2, 0) is 6.61 Å². The monoisotopic (exact) mass is 329 g/mol. The molecule has 0 unspecified atom stereocenters. The van der Waals surface area contributed by atoms with Crippen molar-refractivity contribution >= 4 is 5.91 Å². The molecule has 0 spiro atoms. The highest BCUT2D eigenvalue weighted by Gasteiger charge is 2.28. The maximum Gasteiger partial charge on any atom is 0.273 e. The highest BCUT2D eigenvalue weighted by atomic mass is 16.5. The van der Waals surface area contributed by atoms with E-state index in [2.05, 4.69) is 29.3 Å². The molecule has 3 rings (SSSR count). The van der Waals surface area contributed by atoms with Gasteiger partial charge in [-0.3, -0.25) is 4.79 Å². The smallest absolute Gasteiger partial charge is 0.273 e. The van der Waals surface area contributed by atoms with Crippen LogP contribution in [0.1, 0.15) is 35.8 Å². The summed E-state index contributed by atoms with van der Waals surface area (Å²) in [5.41, 5.74) is 1.87. The second-order valence-corrected chi connectivity index (χ2v) is 6.04. The van der Waals surface area contributed by atoms with Gasteiger partial charge in [0.2, 0.25) is 0 Å². The Hall–Kier alpha value is -2.34. The molecule has 1 aliphatic rings. The minimum absolute atomic E-state index is 0.216. The number of para-hydroxylation sites is 1. The third kappa shape index (κ3) is 3.43. The molecule has 0 bridgehead atoms. The van der Waals surface area contributed by atoms with Crippen molar-refractivity contribution in [3.05, 3.63) is 35.5 Å². The summed E-state index contributed by atoms with van der Waals surface area (Å²) in [4.78, 5) is 14.6. The second-order valence-electron chi connectivity index (χ2n) is 6.04. The van der Waals surface area contributed by atoms with Crippen molar-refractivity contribution in [1.82, 2.24) is 15.4 Å². The molecule has 0 fully saturated rings. The Labute approximate surface area is 141 Å². The van der Waals surface area contributed by atoms with E-state index in [0.717, 1.165) is 30.8 Å². The lowest BCUT2D eigenvalue weighted by molar-refractivity contribution is 0.0938. The third-order valence-corrected chi connectivity index (χ3v) is 4.18. The fourth-order valence-electron chi connectivity index (χ4n) is 2.75. The average Bonchev–Trinajstić information content (AvgIpc) is 3.04. The molecule has 1 aliphatic heterocycles. The molecule has 0 atom stereocenters. The molecular formula is C18H23N3O3. The summed E-state index contributed by atoms with van der Waals surface area (Å²) in [6, 6.07) is 7.60. The number of carbonyl (C=O) groups is 1. The van der Waals surface area contributed by atoms with Gasteiger partial charge in [-0.25, -0.2) is 0 Å². The van der Waals surface area contributed by atoms with E-state index in [9.17, 15) is 4.79 Å². The van der Waals surface area contributed by atoms with Crippen molar-refractivity contribution in [3.8, 4) is 17.1 Å². The first-order valence-corrected chi connectivity index (χ1v) is 8.38. The van der Waals surface area contributed by atoms with E-state index < -0.39 is 0 Å². The summed E-state index contributed by atoms with van der Waals surface area (Å²) in [5, 5.41) is 6.87. The van der Waals surface area contributed by atoms with Crippen LogP contribution < -0.4 is 10.1 Å². The quantitative estimate of drug-likeness (QED) is 0.846. The van der Waals surface area contributed by atoms with Crippen LogP contribution in [0.25, 0.3) is 11.3 Å². The Balaban J connectivity index is 1.63. The van der Waals surface area contributed by atoms with E-state index in [4.69, 9.17) is 9.26 Å². The van der Waals surface area contributed by atoms with Crippen molar-refractivity contribution in [1.29, 1.82) is 0 Å². The molecular weight excluding hydrogens is 306 g/mol. The lowest BCUT2D eigenvalue weighted by atomic mass is 10.0. The number of ether oxygens (including phenoxy) is 1. The van der Waals surface area contributed by atoms with Crippen molar-refractivity contribution in [2.24, 2.45) is 0 Å². The van der Waals surface area contributed by atoms with Crippen molar-refractivity contribution in [3.63, 3.8) is 0 Å². The average molecular weight is 329 g/mol. The van der Waals surface area contributed by atoms with Crippen LogP contribution in [0.4, 0.5) is 0 Å². The van der Waals surface area contributed by atoms with Crippen LogP contribution in [0.5, 0.6) is 5.75 Å². The van der Waals surface area contributed by atoms with Gasteiger partial charge in [-0.1, -0.05) is 30.6 Å². The van der Waals surface area contributed by atoms with Gasteiger partial charge in [-0.2, -0.15) is 0 Å². The van der Waals surface area contributed by atoms with Crippen LogP contribution >= 0.6 is 0 Å². The molecule has 0 aliphatic carbocycles. The number of nitrogens with zero attached hydrogens (tertiary/aromatic N) is 2. The minimum atomic E-state index is -0.216. The highest BCUT2D eigenvalue weighted by Crippen LogP contribution is 2.38. The lowest BCUT2D eigenvalue weighted by Crippen LogP contribution is -2.34. The number of hydrogen-bond donors (Lipinski definition) is 1. The van der Waals surface area contributed by atoms with E-state index in [1.54, 1.807) is 0 Å². The molecule has 128 valence electrons. The van der Waals surface area contributed by atoms with Crippen LogP contribution in [0.15, 0.2) is 28.8 Å². The first-order chi connectivity index (χ1) is 11.7. The minimum Gasteiger partial charge on any atom is -0.488 e. The fraction of sp³-hybridized carbons (Fsp3) is 0.444. The highest BCUT2D eigenvalue weighted by molar-refractivity contribution is 5.95. The SMILES string of the molecule is CCCCN(C)CCNC(=O)c1noc2c1COc1ccccc1-2. The summed E-state index contributed by atoms with van der Waals surface area (Å²) in [6.07, 6.45) is 2.33. The largest absolute Gasteiger partial charge is 0.488 e. The van der Waals surface area contributed by atoms with Gasteiger partial charge in [0.1, 0.15) is 12.4 Å². The molecule has 1 amide bonds. The molecule has 0 saturated carbocycles. The van der Waals surface area contributed by atoms with Gasteiger partial charge in [0, 0.05) is 13.1 Å². The van der Waals surface area contributed by atoms with Crippen LogP contribution in [0.3, 0.4) is 0 Å². The number of aromatic nitrogens is 1. The Morgan fingerprint density at radius 1 is 1.33 bits per heavy atom. The number of benzene rings is 1. The van der Waals surface area contributed by atoms with Gasteiger partial charge in [-0.15, -0.1) is 0 Å². The van der Waals surface area contributed by atoms with Crippen molar-refractivity contribution in [2.45, 2.75) is 26.4 Å². The number of carbonyl (C=O) groups excluding carboxylic acids is 1. The Kier molecular flexibility index (Phi) is 5.15. The van der Waals surface area contributed by atoms with Gasteiger partial charge in [-0.05, 0) is 32.1 Å². The van der Waals surface area contributed by atoms with Gasteiger partial charge >= 0.3 is 0 Å². The van der Waals surface area contributed by atoms with Gasteiger partial charge < -0.3 is 19.5 Å². The van der Waals surface area contributed by atoms with Gasteiger partial charge in [0.05, 0.1) is 11.1 Å². The van der Waals surface area contributed by atoms with Gasteiger partial charge in [0.15, 0.2) is 11.5 Å². The third-order valence-electron chi connectivity index (χ3n) is 4.18. The number of likely N-dealkylation sites (N-methyl/N-ethyl adjacent to an activating group) is 1. The predicted octanol–water partition coefficient (Wildman–Crippen LogP) is 2.70. The van der Waals surface area contributed by atoms with Crippen molar-refractivity contribution < 1.29 is 14.1 Å². The summed E-state index contributed by atoms with van der Waals surface area (Å²) in [6.45, 7) is 4.90. The maximum absolute atomic E-state index is 12.4.